The molecule has 132 valence electrons. The third kappa shape index (κ3) is 3.16. The number of nitrogens with zero attached hydrogens (tertiary/aromatic N) is 4. The maximum Gasteiger partial charge on any atom is 0.198 e. The molecule has 0 radical (unpaired) electrons. The van der Waals surface area contributed by atoms with Crippen molar-refractivity contribution < 1.29 is 4.42 Å². The number of rotatable bonds is 5. The summed E-state index contributed by atoms with van der Waals surface area (Å²) in [5.74, 6) is 1.14. The van der Waals surface area contributed by atoms with Crippen molar-refractivity contribution in [2.45, 2.75) is 12.5 Å². The molecule has 2 N–H and O–H groups in total. The molecule has 0 aliphatic heterocycles. The minimum Gasteiger partial charge on any atom is -0.453 e. The second kappa shape index (κ2) is 6.82. The second-order valence-electron chi connectivity index (χ2n) is 6.65. The average Bonchev–Trinajstić information content (AvgIpc) is 3.09. The van der Waals surface area contributed by atoms with Crippen molar-refractivity contribution in [1.82, 2.24) is 19.9 Å². The topological polar surface area (TPSA) is 81.1 Å². The molecule has 0 bridgehead atoms. The van der Waals surface area contributed by atoms with Crippen molar-refractivity contribution in [3.8, 4) is 11.6 Å². The molecule has 0 saturated carbocycles. The van der Waals surface area contributed by atoms with Gasteiger partial charge in [-0.15, -0.1) is 0 Å². The van der Waals surface area contributed by atoms with Gasteiger partial charge in [0.2, 0.25) is 0 Å². The number of benzene rings is 1. The van der Waals surface area contributed by atoms with Gasteiger partial charge in [-0.1, -0.05) is 18.2 Å². The van der Waals surface area contributed by atoms with E-state index in [0.29, 0.717) is 17.2 Å². The Kier molecular flexibility index (Phi) is 4.36. The summed E-state index contributed by atoms with van der Waals surface area (Å²) >= 11 is 0. The Hall–Kier alpha value is -2.83. The van der Waals surface area contributed by atoms with Crippen LogP contribution in [-0.2, 0) is 0 Å². The van der Waals surface area contributed by atoms with Crippen molar-refractivity contribution in [3.05, 3.63) is 54.4 Å². The van der Waals surface area contributed by atoms with E-state index in [0.717, 1.165) is 35.0 Å². The van der Waals surface area contributed by atoms with Gasteiger partial charge in [0, 0.05) is 23.0 Å². The predicted molar refractivity (Wildman–Crippen MR) is 103 cm³/mol. The molecular formula is C20H21N5O. The zero-order chi connectivity index (χ0) is 18.1. The molecule has 1 unspecified atom stereocenters. The Balaban J connectivity index is 1.82. The normalized spacial score (nSPS) is 12.9. The van der Waals surface area contributed by atoms with Crippen LogP contribution in [0.5, 0.6) is 0 Å². The van der Waals surface area contributed by atoms with Gasteiger partial charge >= 0.3 is 0 Å². The van der Waals surface area contributed by atoms with Crippen LogP contribution in [0.15, 0.2) is 53.1 Å². The highest BCUT2D eigenvalue weighted by atomic mass is 16.3. The Morgan fingerprint density at radius 1 is 1.12 bits per heavy atom. The van der Waals surface area contributed by atoms with E-state index >= 15 is 0 Å². The lowest BCUT2D eigenvalue weighted by molar-refractivity contribution is 0.381. The van der Waals surface area contributed by atoms with Gasteiger partial charge in [-0.05, 0) is 51.3 Å². The van der Waals surface area contributed by atoms with Crippen molar-refractivity contribution >= 4 is 22.0 Å². The molecule has 0 aliphatic carbocycles. The van der Waals surface area contributed by atoms with Gasteiger partial charge in [0.05, 0.1) is 5.69 Å². The van der Waals surface area contributed by atoms with Gasteiger partial charge in [0.1, 0.15) is 5.58 Å². The molecule has 0 amide bonds. The number of hydrogen-bond acceptors (Lipinski definition) is 6. The first-order chi connectivity index (χ1) is 12.6. The maximum atomic E-state index is 6.46. The van der Waals surface area contributed by atoms with Gasteiger partial charge in [-0.25, -0.2) is 15.0 Å². The van der Waals surface area contributed by atoms with Gasteiger partial charge < -0.3 is 15.1 Å². The van der Waals surface area contributed by atoms with Crippen LogP contribution in [0.25, 0.3) is 33.6 Å². The summed E-state index contributed by atoms with van der Waals surface area (Å²) in [4.78, 5) is 15.9. The summed E-state index contributed by atoms with van der Waals surface area (Å²) in [7, 11) is 4.07. The van der Waals surface area contributed by atoms with Crippen LogP contribution in [0.2, 0.25) is 0 Å². The number of fused-ring (bicyclic) bond motifs is 2. The maximum absolute atomic E-state index is 6.46. The predicted octanol–water partition coefficient (Wildman–Crippen LogP) is 3.39. The lowest BCUT2D eigenvalue weighted by atomic mass is 10.1. The zero-order valence-corrected chi connectivity index (χ0v) is 14.9. The highest BCUT2D eigenvalue weighted by Gasteiger charge is 2.18. The molecule has 4 rings (SSSR count). The zero-order valence-electron chi connectivity index (χ0n) is 14.9. The van der Waals surface area contributed by atoms with E-state index in [2.05, 4.69) is 14.9 Å². The first kappa shape index (κ1) is 16.6. The van der Waals surface area contributed by atoms with Crippen LogP contribution in [-0.4, -0.2) is 40.5 Å². The van der Waals surface area contributed by atoms with Crippen LogP contribution in [0.4, 0.5) is 0 Å². The van der Waals surface area contributed by atoms with Crippen molar-refractivity contribution in [3.63, 3.8) is 0 Å². The molecule has 0 aliphatic rings. The fourth-order valence-corrected chi connectivity index (χ4v) is 3.00. The summed E-state index contributed by atoms with van der Waals surface area (Å²) < 4.78 is 5.93. The van der Waals surface area contributed by atoms with Crippen molar-refractivity contribution in [1.29, 1.82) is 0 Å². The quantitative estimate of drug-likeness (QED) is 0.596. The highest BCUT2D eigenvalue weighted by molar-refractivity contribution is 5.83. The van der Waals surface area contributed by atoms with Crippen molar-refractivity contribution in [2.75, 3.05) is 20.6 Å². The molecule has 1 atom stereocenters. The summed E-state index contributed by atoms with van der Waals surface area (Å²) in [6.07, 6.45) is 2.53. The smallest absolute Gasteiger partial charge is 0.198 e. The van der Waals surface area contributed by atoms with Crippen molar-refractivity contribution in [2.24, 2.45) is 5.73 Å². The minimum absolute atomic E-state index is 0.199. The van der Waals surface area contributed by atoms with E-state index in [9.17, 15) is 0 Å². The monoisotopic (exact) mass is 347 g/mol. The fourth-order valence-electron chi connectivity index (χ4n) is 3.00. The number of hydrogen-bond donors (Lipinski definition) is 1. The summed E-state index contributed by atoms with van der Waals surface area (Å²) in [6.45, 7) is 0.882. The lowest BCUT2D eigenvalue weighted by Gasteiger charge is -2.16. The minimum atomic E-state index is -0.199. The Morgan fingerprint density at radius 2 is 1.96 bits per heavy atom. The third-order valence-corrected chi connectivity index (χ3v) is 4.39. The second-order valence-corrected chi connectivity index (χ2v) is 6.65. The first-order valence-electron chi connectivity index (χ1n) is 8.64. The molecule has 6 heteroatoms. The number of pyridine rings is 1. The van der Waals surface area contributed by atoms with Crippen LogP contribution in [0.1, 0.15) is 18.2 Å². The Labute approximate surface area is 151 Å². The van der Waals surface area contributed by atoms with E-state index in [1.54, 1.807) is 6.20 Å². The lowest BCUT2D eigenvalue weighted by Crippen LogP contribution is -2.21. The van der Waals surface area contributed by atoms with Crippen LogP contribution < -0.4 is 5.73 Å². The first-order valence-corrected chi connectivity index (χ1v) is 8.64. The summed E-state index contributed by atoms with van der Waals surface area (Å²) in [5, 5.41) is 1.91. The van der Waals surface area contributed by atoms with Gasteiger partial charge in [0.15, 0.2) is 17.2 Å². The third-order valence-electron chi connectivity index (χ3n) is 4.39. The van der Waals surface area contributed by atoms with E-state index in [1.165, 1.54) is 0 Å². The number of nitrogens with two attached hydrogens (primary N) is 1. The Bertz CT molecular complexity index is 1020. The molecule has 4 aromatic rings. The molecule has 6 nitrogen and oxygen atoms in total. The summed E-state index contributed by atoms with van der Waals surface area (Å²) in [6, 6.07) is 13.5. The average molecular weight is 347 g/mol. The van der Waals surface area contributed by atoms with E-state index in [1.807, 2.05) is 56.6 Å². The van der Waals surface area contributed by atoms with Gasteiger partial charge in [-0.3, -0.25) is 0 Å². The SMILES string of the molecule is CN(C)CCC(N)c1nc(-c2cc3ccccc3o2)nc2ncccc12. The van der Waals surface area contributed by atoms with Crippen LogP contribution in [0, 0.1) is 0 Å². The number of aromatic nitrogens is 3. The van der Waals surface area contributed by atoms with E-state index < -0.39 is 0 Å². The molecule has 0 spiro atoms. The van der Waals surface area contributed by atoms with E-state index in [4.69, 9.17) is 15.1 Å². The highest BCUT2D eigenvalue weighted by Crippen LogP contribution is 2.29. The Morgan fingerprint density at radius 3 is 2.77 bits per heavy atom. The van der Waals surface area contributed by atoms with Crippen LogP contribution in [0.3, 0.4) is 0 Å². The molecule has 3 aromatic heterocycles. The molecule has 3 heterocycles. The number of para-hydroxylation sites is 1. The largest absolute Gasteiger partial charge is 0.453 e. The molecule has 1 aromatic carbocycles. The standard InChI is InChI=1S/C20H21N5O/c1-25(2)11-9-15(21)18-14-7-5-10-22-19(14)24-20(23-18)17-12-13-6-3-4-8-16(13)26-17/h3-8,10,12,15H,9,11,21H2,1-2H3. The molecule has 26 heavy (non-hydrogen) atoms. The van der Waals surface area contributed by atoms with Gasteiger partial charge in [0.25, 0.3) is 0 Å². The molecule has 0 saturated heterocycles. The van der Waals surface area contributed by atoms with Crippen LogP contribution >= 0.6 is 0 Å². The van der Waals surface area contributed by atoms with E-state index in [-0.39, 0.29) is 6.04 Å². The van der Waals surface area contributed by atoms with Gasteiger partial charge in [-0.2, -0.15) is 0 Å². The summed E-state index contributed by atoms with van der Waals surface area (Å²) in [5.41, 5.74) is 8.71. The number of furan rings is 1. The molecule has 0 fully saturated rings. The fraction of sp³-hybridized carbons (Fsp3) is 0.250. The molecular weight excluding hydrogens is 326 g/mol.